The second-order valence-electron chi connectivity index (χ2n) is 12.5. The summed E-state index contributed by atoms with van der Waals surface area (Å²) in [6.07, 6.45) is 1.26. The van der Waals surface area contributed by atoms with Crippen LogP contribution in [0.25, 0.3) is 32.9 Å². The number of alkyl halides is 1. The molecule has 9 rings (SSSR count). The van der Waals surface area contributed by atoms with Crippen LogP contribution < -0.4 is 15.0 Å². The molecule has 5 aliphatic rings. The molecule has 13 heteroatoms. The number of rotatable bonds is 3. The number of hydrogen-bond donors (Lipinski definition) is 1. The van der Waals surface area contributed by atoms with E-state index in [0.717, 1.165) is 19.4 Å². The Bertz CT molecular complexity index is 1850. The molecular formula is C33H33F3N6O4. The molecule has 7 heterocycles. The van der Waals surface area contributed by atoms with Crippen molar-refractivity contribution in [1.29, 1.82) is 0 Å². The first-order valence-corrected chi connectivity index (χ1v) is 15.8. The molecule has 4 aromatic rings. The number of carbonyl (C=O) groups excluding carboxylic acids is 1. The van der Waals surface area contributed by atoms with Gasteiger partial charge >= 0.3 is 12.2 Å². The minimum Gasteiger partial charge on any atom is -0.461 e. The highest BCUT2D eigenvalue weighted by molar-refractivity contribution is 6.01. The Morgan fingerprint density at radius 3 is 2.96 bits per heavy atom. The van der Waals surface area contributed by atoms with E-state index in [-0.39, 0.29) is 49.0 Å². The van der Waals surface area contributed by atoms with Crippen LogP contribution in [0.1, 0.15) is 24.8 Å². The first-order chi connectivity index (χ1) is 22.4. The van der Waals surface area contributed by atoms with E-state index in [1.54, 1.807) is 18.2 Å². The topological polar surface area (TPSA) is 102 Å². The first kappa shape index (κ1) is 29.2. The van der Waals surface area contributed by atoms with Gasteiger partial charge in [0, 0.05) is 50.8 Å². The van der Waals surface area contributed by atoms with Crippen LogP contribution >= 0.6 is 0 Å². The number of pyridine rings is 1. The van der Waals surface area contributed by atoms with Crippen molar-refractivity contribution in [1.82, 2.24) is 25.2 Å². The molecule has 0 saturated carbocycles. The smallest absolute Gasteiger partial charge is 0.461 e. The third-order valence-corrected chi connectivity index (χ3v) is 9.71. The molecule has 3 fully saturated rings. The predicted octanol–water partition coefficient (Wildman–Crippen LogP) is 4.57. The van der Waals surface area contributed by atoms with Gasteiger partial charge in [0.25, 0.3) is 0 Å². The Kier molecular flexibility index (Phi) is 7.32. The first-order valence-electron chi connectivity index (χ1n) is 15.8. The van der Waals surface area contributed by atoms with Crippen molar-refractivity contribution in [2.24, 2.45) is 0 Å². The van der Waals surface area contributed by atoms with E-state index in [4.69, 9.17) is 19.2 Å². The SMILES string of the molecule is O=C1OCCc2c(F)ccc3cccc(c23)-c2ncc3c(nc(OC[C@@]45CCCN4C[C@H](F)C5)nc3c2F)N2CCNC[C@H](C2)O1. The Morgan fingerprint density at radius 1 is 1.13 bits per heavy atom. The van der Waals surface area contributed by atoms with Crippen molar-refractivity contribution < 1.29 is 32.2 Å². The highest BCUT2D eigenvalue weighted by Crippen LogP contribution is 2.41. The molecule has 1 N–H and O–H groups in total. The van der Waals surface area contributed by atoms with Gasteiger partial charge in [-0.3, -0.25) is 9.88 Å². The summed E-state index contributed by atoms with van der Waals surface area (Å²) in [6, 6.07) is 8.18. The molecule has 10 nitrogen and oxygen atoms in total. The second kappa shape index (κ2) is 11.5. The van der Waals surface area contributed by atoms with Crippen molar-refractivity contribution in [2.45, 2.75) is 43.5 Å². The summed E-state index contributed by atoms with van der Waals surface area (Å²) in [5, 5.41) is 4.75. The fourth-order valence-electron chi connectivity index (χ4n) is 7.59. The molecule has 2 aromatic carbocycles. The van der Waals surface area contributed by atoms with E-state index in [9.17, 15) is 9.18 Å². The molecule has 0 radical (unpaired) electrons. The van der Waals surface area contributed by atoms with Crippen molar-refractivity contribution in [3.63, 3.8) is 0 Å². The lowest BCUT2D eigenvalue weighted by atomic mass is 9.94. The summed E-state index contributed by atoms with van der Waals surface area (Å²) in [5.41, 5.74) is 0.190. The summed E-state index contributed by atoms with van der Waals surface area (Å²) >= 11 is 0. The van der Waals surface area contributed by atoms with Crippen LogP contribution in [0.4, 0.5) is 23.8 Å². The lowest BCUT2D eigenvalue weighted by Gasteiger charge is -2.31. The third kappa shape index (κ3) is 5.05. The molecule has 0 amide bonds. The minimum atomic E-state index is -0.932. The van der Waals surface area contributed by atoms with Gasteiger partial charge in [-0.2, -0.15) is 9.97 Å². The number of carbonyl (C=O) groups is 1. The second-order valence-corrected chi connectivity index (χ2v) is 12.5. The Balaban J connectivity index is 1.30. The zero-order chi connectivity index (χ0) is 31.4. The molecule has 0 aliphatic carbocycles. The van der Waals surface area contributed by atoms with E-state index in [2.05, 4.69) is 20.2 Å². The van der Waals surface area contributed by atoms with Crippen molar-refractivity contribution in [2.75, 3.05) is 57.4 Å². The maximum absolute atomic E-state index is 16.8. The molecule has 0 unspecified atom stereocenters. The number of benzene rings is 2. The number of nitrogens with zero attached hydrogens (tertiary/aromatic N) is 5. The predicted molar refractivity (Wildman–Crippen MR) is 164 cm³/mol. The van der Waals surface area contributed by atoms with Crippen LogP contribution in [0.15, 0.2) is 36.5 Å². The van der Waals surface area contributed by atoms with Crippen molar-refractivity contribution in [3.8, 4) is 17.3 Å². The molecule has 5 aliphatic heterocycles. The highest BCUT2D eigenvalue weighted by atomic mass is 19.1. The van der Waals surface area contributed by atoms with E-state index in [1.807, 2.05) is 11.0 Å². The number of anilines is 1. The molecule has 240 valence electrons. The summed E-state index contributed by atoms with van der Waals surface area (Å²) in [6.45, 7) is 2.81. The zero-order valence-corrected chi connectivity index (χ0v) is 25.1. The van der Waals surface area contributed by atoms with Crippen LogP contribution in [0, 0.1) is 11.6 Å². The van der Waals surface area contributed by atoms with Crippen LogP contribution in [-0.4, -0.2) is 96.3 Å². The Labute approximate surface area is 262 Å². The molecule has 0 spiro atoms. The largest absolute Gasteiger partial charge is 0.508 e. The fraction of sp³-hybridized carbons (Fsp3) is 0.455. The zero-order valence-electron chi connectivity index (χ0n) is 25.1. The number of halogens is 3. The van der Waals surface area contributed by atoms with Crippen LogP contribution in [-0.2, 0) is 15.9 Å². The van der Waals surface area contributed by atoms with Gasteiger partial charge in [-0.15, -0.1) is 0 Å². The lowest BCUT2D eigenvalue weighted by molar-refractivity contribution is 0.0279. The quantitative estimate of drug-likeness (QED) is 0.323. The summed E-state index contributed by atoms with van der Waals surface area (Å²) in [5.74, 6) is -0.833. The number of nitrogens with one attached hydrogen (secondary N) is 1. The van der Waals surface area contributed by atoms with E-state index < -0.39 is 35.6 Å². The van der Waals surface area contributed by atoms with Crippen LogP contribution in [0.2, 0.25) is 0 Å². The lowest BCUT2D eigenvalue weighted by Crippen LogP contribution is -2.43. The standard InChI is InChI=1S/C33H33F3N6O4/c34-20-13-33(8-2-10-42(33)16-20)18-45-31-39-29-24-15-38-28(27(29)36)23-4-1-3-19-5-6-25(35)22(26(19)23)7-12-44-32(43)46-21-14-37-9-11-41(17-21)30(24)40-31/h1,3-6,15,20-21,37H,2,7-14,16-18H2/t20-,21-,33+/m1/s1. The van der Waals surface area contributed by atoms with Crippen LogP contribution in [0.3, 0.4) is 0 Å². The number of aromatic nitrogens is 3. The molecule has 6 bridgehead atoms. The van der Waals surface area contributed by atoms with Gasteiger partial charge in [-0.1, -0.05) is 24.3 Å². The number of ether oxygens (including phenoxy) is 3. The molecule has 46 heavy (non-hydrogen) atoms. The molecular weight excluding hydrogens is 601 g/mol. The van der Waals surface area contributed by atoms with Gasteiger partial charge in [-0.25, -0.2) is 18.0 Å². The molecule has 2 aromatic heterocycles. The normalized spacial score (nSPS) is 25.1. The maximum atomic E-state index is 16.8. The van der Waals surface area contributed by atoms with E-state index in [1.165, 1.54) is 12.3 Å². The van der Waals surface area contributed by atoms with Gasteiger partial charge in [0.1, 0.15) is 41.7 Å². The summed E-state index contributed by atoms with van der Waals surface area (Å²) in [7, 11) is 0. The number of hydrogen-bond acceptors (Lipinski definition) is 10. The molecule has 3 atom stereocenters. The van der Waals surface area contributed by atoms with Crippen LogP contribution in [0.5, 0.6) is 6.01 Å². The van der Waals surface area contributed by atoms with Gasteiger partial charge in [0.2, 0.25) is 0 Å². The highest BCUT2D eigenvalue weighted by Gasteiger charge is 2.49. The van der Waals surface area contributed by atoms with E-state index in [0.29, 0.717) is 60.1 Å². The third-order valence-electron chi connectivity index (χ3n) is 9.71. The summed E-state index contributed by atoms with van der Waals surface area (Å²) in [4.78, 5) is 30.6. The van der Waals surface area contributed by atoms with Crippen molar-refractivity contribution >= 4 is 33.6 Å². The summed E-state index contributed by atoms with van der Waals surface area (Å²) < 4.78 is 63.9. The number of fused-ring (bicyclic) bond motifs is 6. The minimum absolute atomic E-state index is 0.00000706. The van der Waals surface area contributed by atoms with Gasteiger partial charge < -0.3 is 24.4 Å². The Hall–Kier alpha value is -4.23. The van der Waals surface area contributed by atoms with E-state index >= 15 is 8.78 Å². The van der Waals surface area contributed by atoms with Gasteiger partial charge in [-0.05, 0) is 41.8 Å². The monoisotopic (exact) mass is 634 g/mol. The van der Waals surface area contributed by atoms with Crippen molar-refractivity contribution in [3.05, 3.63) is 53.7 Å². The van der Waals surface area contributed by atoms with Gasteiger partial charge in [0.15, 0.2) is 5.82 Å². The molecule has 3 saturated heterocycles. The Morgan fingerprint density at radius 2 is 2.04 bits per heavy atom. The fourth-order valence-corrected chi connectivity index (χ4v) is 7.59. The maximum Gasteiger partial charge on any atom is 0.508 e. The average molecular weight is 635 g/mol. The average Bonchev–Trinajstić information content (AvgIpc) is 3.47. The van der Waals surface area contributed by atoms with Gasteiger partial charge in [0.05, 0.1) is 24.1 Å².